The van der Waals surface area contributed by atoms with Crippen LogP contribution in [0.3, 0.4) is 0 Å². The Morgan fingerprint density at radius 2 is 2.17 bits per heavy atom. The van der Waals surface area contributed by atoms with Crippen LogP contribution < -0.4 is 0 Å². The summed E-state index contributed by atoms with van der Waals surface area (Å²) in [4.78, 5) is 16.5. The third-order valence-electron chi connectivity index (χ3n) is 3.56. The fourth-order valence-corrected chi connectivity index (χ4v) is 2.56. The number of imidazole rings is 1. The number of carbonyl (C=O) groups excluding carboxylic acids is 1. The molecule has 1 aliphatic carbocycles. The molecule has 1 atom stereocenters. The highest BCUT2D eigenvalue weighted by molar-refractivity contribution is 5.81. The summed E-state index contributed by atoms with van der Waals surface area (Å²) < 4.78 is 6.98. The molecule has 2 aromatic rings. The molecule has 0 aliphatic heterocycles. The van der Waals surface area contributed by atoms with Gasteiger partial charge in [0.15, 0.2) is 0 Å². The van der Waals surface area contributed by atoms with Crippen molar-refractivity contribution in [1.82, 2.24) is 9.55 Å². The molecule has 1 heterocycles. The topological polar surface area (TPSA) is 44.1 Å². The second kappa shape index (κ2) is 4.12. The molecule has 4 nitrogen and oxygen atoms in total. The van der Waals surface area contributed by atoms with Crippen molar-refractivity contribution < 1.29 is 9.53 Å². The number of benzene rings is 1. The van der Waals surface area contributed by atoms with Gasteiger partial charge in [0.25, 0.3) is 0 Å². The summed E-state index contributed by atoms with van der Waals surface area (Å²) in [5.41, 5.74) is 1.95. The molecule has 1 unspecified atom stereocenters. The van der Waals surface area contributed by atoms with E-state index in [-0.39, 0.29) is 12.0 Å². The van der Waals surface area contributed by atoms with Crippen LogP contribution in [0.5, 0.6) is 0 Å². The van der Waals surface area contributed by atoms with Crippen LogP contribution in [-0.4, -0.2) is 22.6 Å². The van der Waals surface area contributed by atoms with Gasteiger partial charge in [-0.25, -0.2) is 9.78 Å². The fourth-order valence-electron chi connectivity index (χ4n) is 2.56. The molecule has 1 aromatic heterocycles. The second-order valence-corrected chi connectivity index (χ2v) is 4.82. The van der Waals surface area contributed by atoms with Gasteiger partial charge in [-0.05, 0) is 37.8 Å². The van der Waals surface area contributed by atoms with E-state index < -0.39 is 0 Å². The molecule has 0 radical (unpaired) electrons. The number of para-hydroxylation sites is 2. The number of esters is 1. The number of aromatic nitrogens is 2. The summed E-state index contributed by atoms with van der Waals surface area (Å²) in [5.74, 6) is 1.11. The predicted octanol–water partition coefficient (Wildman–Crippen LogP) is 2.47. The highest BCUT2D eigenvalue weighted by Crippen LogP contribution is 2.42. The van der Waals surface area contributed by atoms with Gasteiger partial charge >= 0.3 is 5.97 Å². The number of aryl methyl sites for hydroxylation is 1. The zero-order valence-electron chi connectivity index (χ0n) is 10.6. The van der Waals surface area contributed by atoms with Crippen molar-refractivity contribution >= 4 is 17.0 Å². The minimum absolute atomic E-state index is 0.163. The third kappa shape index (κ3) is 1.68. The van der Waals surface area contributed by atoms with Crippen LogP contribution in [0.25, 0.3) is 11.0 Å². The standard InChI is InChI=1S/C14H16N2O2/c1-9-15-11-5-3-4-6-12(11)16(9)13(10-7-8-10)14(17)18-2/h3-6,10,13H,7-8H2,1-2H3. The Balaban J connectivity index is 2.16. The Morgan fingerprint density at radius 1 is 1.44 bits per heavy atom. The number of methoxy groups -OCH3 is 1. The van der Waals surface area contributed by atoms with Crippen molar-refractivity contribution in [2.24, 2.45) is 5.92 Å². The number of nitrogens with zero attached hydrogens (tertiary/aromatic N) is 2. The Kier molecular flexibility index (Phi) is 2.58. The first kappa shape index (κ1) is 11.3. The summed E-state index contributed by atoms with van der Waals surface area (Å²) >= 11 is 0. The van der Waals surface area contributed by atoms with Crippen molar-refractivity contribution in [3.63, 3.8) is 0 Å². The molecular formula is C14H16N2O2. The van der Waals surface area contributed by atoms with E-state index in [0.29, 0.717) is 5.92 Å². The normalized spacial score (nSPS) is 16.8. The van der Waals surface area contributed by atoms with Gasteiger partial charge in [-0.3, -0.25) is 0 Å². The van der Waals surface area contributed by atoms with Crippen molar-refractivity contribution in [3.05, 3.63) is 30.1 Å². The van der Waals surface area contributed by atoms with E-state index in [4.69, 9.17) is 4.74 Å². The number of rotatable bonds is 3. The van der Waals surface area contributed by atoms with Gasteiger partial charge in [0.05, 0.1) is 18.1 Å². The summed E-state index contributed by atoms with van der Waals surface area (Å²) in [5, 5.41) is 0. The van der Waals surface area contributed by atoms with Crippen LogP contribution in [0.2, 0.25) is 0 Å². The molecule has 0 bridgehead atoms. The van der Waals surface area contributed by atoms with Crippen molar-refractivity contribution in [3.8, 4) is 0 Å². The Bertz CT molecular complexity index is 599. The molecule has 0 spiro atoms. The summed E-state index contributed by atoms with van der Waals surface area (Å²) in [6, 6.07) is 7.69. The molecule has 4 heteroatoms. The molecule has 0 amide bonds. The van der Waals surface area contributed by atoms with Gasteiger partial charge in [-0.15, -0.1) is 0 Å². The average molecular weight is 244 g/mol. The Hall–Kier alpha value is -1.84. The number of hydrogen-bond donors (Lipinski definition) is 0. The lowest BCUT2D eigenvalue weighted by molar-refractivity contribution is -0.145. The van der Waals surface area contributed by atoms with Crippen molar-refractivity contribution in [1.29, 1.82) is 0 Å². The number of ether oxygens (including phenoxy) is 1. The van der Waals surface area contributed by atoms with Crippen LogP contribution in [0.15, 0.2) is 24.3 Å². The van der Waals surface area contributed by atoms with Gasteiger partial charge in [0.2, 0.25) is 0 Å². The van der Waals surface area contributed by atoms with Crippen LogP contribution >= 0.6 is 0 Å². The number of fused-ring (bicyclic) bond motifs is 1. The van der Waals surface area contributed by atoms with E-state index >= 15 is 0 Å². The summed E-state index contributed by atoms with van der Waals surface area (Å²) in [6.45, 7) is 1.94. The molecular weight excluding hydrogens is 228 g/mol. The number of carbonyl (C=O) groups is 1. The molecule has 1 aliphatic rings. The van der Waals surface area contributed by atoms with Crippen molar-refractivity contribution in [2.45, 2.75) is 25.8 Å². The SMILES string of the molecule is COC(=O)C(C1CC1)n1c(C)nc2ccccc21. The largest absolute Gasteiger partial charge is 0.467 e. The first-order valence-electron chi connectivity index (χ1n) is 6.23. The minimum atomic E-state index is -0.220. The number of hydrogen-bond acceptors (Lipinski definition) is 3. The smallest absolute Gasteiger partial charge is 0.329 e. The predicted molar refractivity (Wildman–Crippen MR) is 68.2 cm³/mol. The van der Waals surface area contributed by atoms with Gasteiger partial charge < -0.3 is 9.30 Å². The molecule has 18 heavy (non-hydrogen) atoms. The molecule has 1 saturated carbocycles. The maximum Gasteiger partial charge on any atom is 0.329 e. The van der Waals surface area contributed by atoms with Gasteiger partial charge in [-0.2, -0.15) is 0 Å². The maximum absolute atomic E-state index is 12.0. The molecule has 0 saturated heterocycles. The van der Waals surface area contributed by atoms with Crippen LogP contribution in [0, 0.1) is 12.8 Å². The second-order valence-electron chi connectivity index (χ2n) is 4.82. The van der Waals surface area contributed by atoms with Crippen molar-refractivity contribution in [2.75, 3.05) is 7.11 Å². The maximum atomic E-state index is 12.0. The van der Waals surface area contributed by atoms with E-state index in [0.717, 1.165) is 29.7 Å². The highest BCUT2D eigenvalue weighted by atomic mass is 16.5. The summed E-state index contributed by atoms with van der Waals surface area (Å²) in [6.07, 6.45) is 2.18. The quantitative estimate of drug-likeness (QED) is 0.779. The fraction of sp³-hybridized carbons (Fsp3) is 0.429. The monoisotopic (exact) mass is 244 g/mol. The highest BCUT2D eigenvalue weighted by Gasteiger charge is 2.39. The van der Waals surface area contributed by atoms with Gasteiger partial charge in [0, 0.05) is 0 Å². The first-order chi connectivity index (χ1) is 8.72. The molecule has 94 valence electrons. The van der Waals surface area contributed by atoms with E-state index in [2.05, 4.69) is 4.98 Å². The minimum Gasteiger partial charge on any atom is -0.467 e. The lowest BCUT2D eigenvalue weighted by Crippen LogP contribution is -2.23. The lowest BCUT2D eigenvalue weighted by Gasteiger charge is -2.18. The van der Waals surface area contributed by atoms with Crippen LogP contribution in [0.4, 0.5) is 0 Å². The zero-order valence-corrected chi connectivity index (χ0v) is 10.6. The molecule has 0 N–H and O–H groups in total. The first-order valence-corrected chi connectivity index (χ1v) is 6.23. The van der Waals surface area contributed by atoms with Crippen LogP contribution in [-0.2, 0) is 9.53 Å². The molecule has 3 rings (SSSR count). The van der Waals surface area contributed by atoms with E-state index in [1.807, 2.05) is 35.8 Å². The Morgan fingerprint density at radius 3 is 2.83 bits per heavy atom. The van der Waals surface area contributed by atoms with E-state index in [1.165, 1.54) is 7.11 Å². The third-order valence-corrected chi connectivity index (χ3v) is 3.56. The zero-order chi connectivity index (χ0) is 12.7. The molecule has 1 fully saturated rings. The Labute approximate surface area is 106 Å². The summed E-state index contributed by atoms with van der Waals surface area (Å²) in [7, 11) is 1.45. The average Bonchev–Trinajstić information content (AvgIpc) is 3.15. The van der Waals surface area contributed by atoms with Gasteiger partial charge in [-0.1, -0.05) is 12.1 Å². The lowest BCUT2D eigenvalue weighted by atomic mass is 10.1. The van der Waals surface area contributed by atoms with E-state index in [9.17, 15) is 4.79 Å². The molecule has 1 aromatic carbocycles. The van der Waals surface area contributed by atoms with Gasteiger partial charge in [0.1, 0.15) is 11.9 Å². The van der Waals surface area contributed by atoms with E-state index in [1.54, 1.807) is 0 Å². The van der Waals surface area contributed by atoms with Crippen LogP contribution in [0.1, 0.15) is 24.7 Å².